The Hall–Kier alpha value is -3.86. The van der Waals surface area contributed by atoms with E-state index in [9.17, 15) is 17.6 Å². The lowest BCUT2D eigenvalue weighted by Gasteiger charge is -2.38. The molecule has 0 bridgehead atoms. The van der Waals surface area contributed by atoms with Crippen LogP contribution in [0.5, 0.6) is 0 Å². The van der Waals surface area contributed by atoms with Gasteiger partial charge in [0.15, 0.2) is 5.79 Å². The van der Waals surface area contributed by atoms with Crippen LogP contribution in [0.1, 0.15) is 11.1 Å². The van der Waals surface area contributed by atoms with Crippen LogP contribution in [0.15, 0.2) is 65.9 Å². The molecule has 3 heterocycles. The molecule has 0 aliphatic carbocycles. The summed E-state index contributed by atoms with van der Waals surface area (Å²) in [6, 6.07) is 12.8. The van der Waals surface area contributed by atoms with Gasteiger partial charge in [-0.25, -0.2) is 9.07 Å². The van der Waals surface area contributed by atoms with Crippen LogP contribution in [0.2, 0.25) is 0 Å². The Morgan fingerprint density at radius 1 is 1.06 bits per heavy atom. The van der Waals surface area contributed by atoms with Gasteiger partial charge >= 0.3 is 6.18 Å². The topological polar surface area (TPSA) is 96.0 Å². The van der Waals surface area contributed by atoms with Gasteiger partial charge in [0.2, 0.25) is 0 Å². The average molecular weight is 443 g/mol. The zero-order valence-electron chi connectivity index (χ0n) is 16.4. The van der Waals surface area contributed by atoms with Crippen LogP contribution < -0.4 is 16.4 Å². The van der Waals surface area contributed by atoms with Crippen molar-refractivity contribution in [3.8, 4) is 5.69 Å². The Morgan fingerprint density at radius 3 is 2.59 bits per heavy atom. The Labute approximate surface area is 178 Å². The summed E-state index contributed by atoms with van der Waals surface area (Å²) in [6.45, 7) is -1.33. The van der Waals surface area contributed by atoms with Gasteiger partial charge in [0, 0.05) is 17.1 Å². The first kappa shape index (κ1) is 20.1. The average Bonchev–Trinajstić information content (AvgIpc) is 3.38. The molecule has 0 amide bonds. The van der Waals surface area contributed by atoms with Crippen LogP contribution in [0.4, 0.5) is 23.4 Å². The molecule has 0 radical (unpaired) electrons. The molecule has 2 aromatic carbocycles. The Balaban J connectivity index is 1.52. The van der Waals surface area contributed by atoms with Gasteiger partial charge in [-0.2, -0.15) is 18.3 Å². The second-order valence-electron chi connectivity index (χ2n) is 7.41. The molecule has 32 heavy (non-hydrogen) atoms. The van der Waals surface area contributed by atoms with E-state index >= 15 is 0 Å². The van der Waals surface area contributed by atoms with Crippen LogP contribution in [0.25, 0.3) is 16.6 Å². The van der Waals surface area contributed by atoms with Crippen molar-refractivity contribution < 1.29 is 17.6 Å². The molecule has 1 aliphatic heterocycles. The van der Waals surface area contributed by atoms with E-state index in [-0.39, 0.29) is 11.7 Å². The maximum absolute atomic E-state index is 13.2. The van der Waals surface area contributed by atoms with Crippen molar-refractivity contribution in [1.29, 1.82) is 0 Å². The Kier molecular flexibility index (Phi) is 4.45. The van der Waals surface area contributed by atoms with Crippen LogP contribution in [0.3, 0.4) is 0 Å². The number of hydrogen-bond acceptors (Lipinski definition) is 4. The van der Waals surface area contributed by atoms with Gasteiger partial charge in [0.1, 0.15) is 24.0 Å². The van der Waals surface area contributed by atoms with E-state index < -0.39 is 18.5 Å². The Morgan fingerprint density at radius 2 is 1.84 bits per heavy atom. The number of aliphatic imine (C=N–C) groups is 1. The fourth-order valence-electron chi connectivity index (χ4n) is 3.66. The monoisotopic (exact) mass is 443 g/mol. The number of alkyl halides is 3. The number of hydrogen-bond donors (Lipinski definition) is 4. The zero-order chi connectivity index (χ0) is 22.5. The largest absolute Gasteiger partial charge is 0.408 e. The third-order valence-corrected chi connectivity index (χ3v) is 5.15. The standard InChI is InChI=1S/C21H17F4N7/c22-14-2-4-15(5-3-14)32-17-6-1-13(9-12(17)10-29-32)21(26)30-18-16(7-8-27-18)19(31-21)28-11-20(23,24)25/h1-10,27,30H,11,26H2,(H,28,31). The fraction of sp³-hybridized carbons (Fsp3) is 0.143. The van der Waals surface area contributed by atoms with Crippen molar-refractivity contribution >= 4 is 22.6 Å². The van der Waals surface area contributed by atoms with Crippen LogP contribution in [0, 0.1) is 5.82 Å². The number of anilines is 1. The van der Waals surface area contributed by atoms with Crippen molar-refractivity contribution in [2.45, 2.75) is 12.0 Å². The smallest absolute Gasteiger partial charge is 0.348 e. The molecule has 2 aromatic heterocycles. The molecule has 5 N–H and O–H groups in total. The van der Waals surface area contributed by atoms with Gasteiger partial charge in [-0.15, -0.1) is 0 Å². The third-order valence-electron chi connectivity index (χ3n) is 5.15. The molecule has 0 saturated carbocycles. The van der Waals surface area contributed by atoms with E-state index in [1.165, 1.54) is 12.1 Å². The second-order valence-corrected chi connectivity index (χ2v) is 7.41. The van der Waals surface area contributed by atoms with Gasteiger partial charge in [-0.3, -0.25) is 10.7 Å². The van der Waals surface area contributed by atoms with Gasteiger partial charge in [0.05, 0.1) is 23.0 Å². The first-order valence-corrected chi connectivity index (χ1v) is 9.60. The minimum Gasteiger partial charge on any atom is -0.348 e. The number of halogens is 4. The summed E-state index contributed by atoms with van der Waals surface area (Å²) in [4.78, 5) is 6.63. The minimum atomic E-state index is -4.44. The van der Waals surface area contributed by atoms with Gasteiger partial charge < -0.3 is 15.6 Å². The second kappa shape index (κ2) is 7.09. The lowest BCUT2D eigenvalue weighted by molar-refractivity contribution is -0.118. The summed E-state index contributed by atoms with van der Waals surface area (Å²) in [5, 5.41) is 11.1. The molecular weight excluding hydrogens is 426 g/mol. The van der Waals surface area contributed by atoms with Crippen LogP contribution in [-0.2, 0) is 5.79 Å². The van der Waals surface area contributed by atoms with Crippen LogP contribution >= 0.6 is 0 Å². The van der Waals surface area contributed by atoms with Crippen molar-refractivity contribution in [2.75, 3.05) is 11.9 Å². The van der Waals surface area contributed by atoms with Gasteiger partial charge in [0.25, 0.3) is 0 Å². The highest BCUT2D eigenvalue weighted by Gasteiger charge is 2.36. The number of amidine groups is 1. The van der Waals surface area contributed by atoms with Gasteiger partial charge in [-0.1, -0.05) is 6.07 Å². The summed E-state index contributed by atoms with van der Waals surface area (Å²) >= 11 is 0. The highest BCUT2D eigenvalue weighted by Crippen LogP contribution is 2.30. The molecule has 1 aliphatic rings. The van der Waals surface area contributed by atoms with Gasteiger partial charge in [-0.05, 0) is 42.5 Å². The van der Waals surface area contributed by atoms with Crippen molar-refractivity contribution in [3.05, 3.63) is 77.9 Å². The molecule has 11 heteroatoms. The number of aromatic nitrogens is 3. The lowest BCUT2D eigenvalue weighted by Crippen LogP contribution is -2.61. The molecule has 0 saturated heterocycles. The number of aromatic amines is 1. The lowest BCUT2D eigenvalue weighted by atomic mass is 10.0. The molecule has 164 valence electrons. The number of rotatable bonds is 3. The molecule has 1 atom stereocenters. The maximum atomic E-state index is 13.2. The van der Waals surface area contributed by atoms with E-state index in [4.69, 9.17) is 5.73 Å². The molecular formula is C21H17F4N7. The van der Waals surface area contributed by atoms with Crippen molar-refractivity contribution in [1.82, 2.24) is 20.1 Å². The van der Waals surface area contributed by atoms with E-state index in [1.807, 2.05) is 0 Å². The predicted octanol–water partition coefficient (Wildman–Crippen LogP) is 3.59. The first-order valence-electron chi connectivity index (χ1n) is 9.60. The van der Waals surface area contributed by atoms with E-state index in [0.717, 1.165) is 10.9 Å². The number of nitrogens with zero attached hydrogens (tertiary/aromatic N) is 3. The normalized spacial score (nSPS) is 19.6. The minimum absolute atomic E-state index is 0.0296. The quantitative estimate of drug-likeness (QED) is 0.364. The molecule has 1 unspecified atom stereocenters. The predicted molar refractivity (Wildman–Crippen MR) is 112 cm³/mol. The van der Waals surface area contributed by atoms with E-state index in [1.54, 1.807) is 53.5 Å². The molecule has 0 fully saturated rings. The summed E-state index contributed by atoms with van der Waals surface area (Å²) in [7, 11) is 0. The number of nitrogens with two attached hydrogens (primary N) is 1. The summed E-state index contributed by atoms with van der Waals surface area (Å²) in [5.41, 5.74) is 8.99. The molecule has 7 nitrogen and oxygen atoms in total. The van der Waals surface area contributed by atoms with Crippen molar-refractivity contribution in [3.63, 3.8) is 0 Å². The third kappa shape index (κ3) is 3.56. The first-order chi connectivity index (χ1) is 15.2. The molecule has 4 aromatic rings. The highest BCUT2D eigenvalue weighted by molar-refractivity contribution is 6.05. The number of nitrogens with one attached hydrogen (secondary N) is 3. The maximum Gasteiger partial charge on any atom is 0.408 e. The van der Waals surface area contributed by atoms with Crippen LogP contribution in [-0.4, -0.2) is 33.3 Å². The zero-order valence-corrected chi connectivity index (χ0v) is 16.4. The number of H-pyrrole nitrogens is 1. The summed E-state index contributed by atoms with van der Waals surface area (Å²) in [5.74, 6) is -1.29. The SMILES string of the molecule is NC1(c2ccc3c(cnn3-c3ccc(F)cc3)c2)NC(=NCC(F)(F)F)c2cc[nH]c2N1. The number of fused-ring (bicyclic) bond motifs is 2. The molecule has 0 spiro atoms. The number of benzene rings is 2. The van der Waals surface area contributed by atoms with E-state index in [2.05, 4.69) is 25.7 Å². The summed E-state index contributed by atoms with van der Waals surface area (Å²) in [6.07, 6.45) is -1.22. The molecule has 5 rings (SSSR count). The van der Waals surface area contributed by atoms with E-state index in [0.29, 0.717) is 22.6 Å². The fourth-order valence-corrected chi connectivity index (χ4v) is 3.66. The summed E-state index contributed by atoms with van der Waals surface area (Å²) < 4.78 is 53.1. The Bertz CT molecular complexity index is 1320. The van der Waals surface area contributed by atoms with Crippen molar-refractivity contribution in [2.24, 2.45) is 10.7 Å². The highest BCUT2D eigenvalue weighted by atomic mass is 19.4.